The third-order valence-electron chi connectivity index (χ3n) is 3.85. The zero-order chi connectivity index (χ0) is 15.9. The van der Waals surface area contributed by atoms with E-state index in [2.05, 4.69) is 15.9 Å². The standard InChI is InChI=1S/C16H16BrNO3S/c1-11-9-14(4-6-16(11)21-2)22(19,20)18-8-7-12-10-13(17)3-5-15(12)18/h3-6,9-10H,7-8H2,1-2H3. The van der Waals surface area contributed by atoms with Crippen LogP contribution in [0.1, 0.15) is 11.1 Å². The maximum Gasteiger partial charge on any atom is 0.264 e. The van der Waals surface area contributed by atoms with Crippen molar-refractivity contribution in [1.29, 1.82) is 0 Å². The van der Waals surface area contributed by atoms with E-state index in [4.69, 9.17) is 4.74 Å². The SMILES string of the molecule is COc1ccc(S(=O)(=O)N2CCc3cc(Br)ccc32)cc1C. The van der Waals surface area contributed by atoms with Crippen molar-refractivity contribution in [3.63, 3.8) is 0 Å². The van der Waals surface area contributed by atoms with Gasteiger partial charge >= 0.3 is 0 Å². The zero-order valence-corrected chi connectivity index (χ0v) is 14.7. The Labute approximate surface area is 138 Å². The molecule has 0 amide bonds. The van der Waals surface area contributed by atoms with Gasteiger partial charge in [0, 0.05) is 11.0 Å². The summed E-state index contributed by atoms with van der Waals surface area (Å²) in [6.45, 7) is 2.31. The van der Waals surface area contributed by atoms with Gasteiger partial charge in [-0.1, -0.05) is 15.9 Å². The molecule has 116 valence electrons. The number of aryl methyl sites for hydroxylation is 1. The van der Waals surface area contributed by atoms with E-state index >= 15 is 0 Å². The smallest absolute Gasteiger partial charge is 0.264 e. The molecule has 3 rings (SSSR count). The van der Waals surface area contributed by atoms with Crippen LogP contribution in [0.2, 0.25) is 0 Å². The van der Waals surface area contributed by atoms with E-state index in [1.165, 1.54) is 4.31 Å². The van der Waals surface area contributed by atoms with Gasteiger partial charge < -0.3 is 4.74 Å². The Morgan fingerprint density at radius 1 is 1.18 bits per heavy atom. The highest BCUT2D eigenvalue weighted by Gasteiger charge is 2.31. The number of hydrogen-bond acceptors (Lipinski definition) is 3. The second-order valence-electron chi connectivity index (χ2n) is 5.23. The first-order valence-electron chi connectivity index (χ1n) is 6.89. The fraction of sp³-hybridized carbons (Fsp3) is 0.250. The summed E-state index contributed by atoms with van der Waals surface area (Å²) in [5.41, 5.74) is 2.61. The summed E-state index contributed by atoms with van der Waals surface area (Å²) < 4.78 is 33.5. The minimum absolute atomic E-state index is 0.293. The summed E-state index contributed by atoms with van der Waals surface area (Å²) in [5.74, 6) is 0.685. The largest absolute Gasteiger partial charge is 0.496 e. The average molecular weight is 382 g/mol. The van der Waals surface area contributed by atoms with Crippen LogP contribution in [0.25, 0.3) is 0 Å². The van der Waals surface area contributed by atoms with Crippen molar-refractivity contribution in [2.75, 3.05) is 18.0 Å². The van der Waals surface area contributed by atoms with Gasteiger partial charge in [-0.25, -0.2) is 8.42 Å². The molecule has 0 saturated heterocycles. The van der Waals surface area contributed by atoms with Crippen molar-refractivity contribution in [3.8, 4) is 5.75 Å². The summed E-state index contributed by atoms with van der Waals surface area (Å²) >= 11 is 3.42. The molecule has 1 aliphatic rings. The van der Waals surface area contributed by atoms with Crippen molar-refractivity contribution in [2.24, 2.45) is 0 Å². The highest BCUT2D eigenvalue weighted by molar-refractivity contribution is 9.10. The highest BCUT2D eigenvalue weighted by atomic mass is 79.9. The minimum Gasteiger partial charge on any atom is -0.496 e. The van der Waals surface area contributed by atoms with Gasteiger partial charge in [0.1, 0.15) is 5.75 Å². The van der Waals surface area contributed by atoms with Crippen LogP contribution < -0.4 is 9.04 Å². The number of ether oxygens (including phenoxy) is 1. The van der Waals surface area contributed by atoms with Crippen LogP contribution >= 0.6 is 15.9 Å². The number of hydrogen-bond donors (Lipinski definition) is 0. The highest BCUT2D eigenvalue weighted by Crippen LogP contribution is 2.35. The lowest BCUT2D eigenvalue weighted by atomic mass is 10.2. The zero-order valence-electron chi connectivity index (χ0n) is 12.3. The van der Waals surface area contributed by atoms with E-state index in [9.17, 15) is 8.42 Å². The fourth-order valence-corrected chi connectivity index (χ4v) is 4.73. The van der Waals surface area contributed by atoms with E-state index in [0.29, 0.717) is 17.2 Å². The predicted octanol–water partition coefficient (Wildman–Crippen LogP) is 3.52. The van der Waals surface area contributed by atoms with Crippen molar-refractivity contribution >= 4 is 31.6 Å². The fourth-order valence-electron chi connectivity index (χ4n) is 2.73. The van der Waals surface area contributed by atoms with E-state index in [1.54, 1.807) is 25.3 Å². The molecule has 2 aromatic carbocycles. The quantitative estimate of drug-likeness (QED) is 0.816. The Bertz CT molecular complexity index is 833. The van der Waals surface area contributed by atoms with Gasteiger partial charge in [-0.3, -0.25) is 4.31 Å². The van der Waals surface area contributed by atoms with Crippen LogP contribution in [0.4, 0.5) is 5.69 Å². The Hall–Kier alpha value is -1.53. The lowest BCUT2D eigenvalue weighted by molar-refractivity contribution is 0.411. The monoisotopic (exact) mass is 381 g/mol. The molecule has 22 heavy (non-hydrogen) atoms. The number of sulfonamides is 1. The first kappa shape index (κ1) is 15.4. The molecule has 0 atom stereocenters. The molecule has 0 unspecified atom stereocenters. The normalized spacial score (nSPS) is 14.0. The second kappa shape index (κ2) is 5.59. The Morgan fingerprint density at radius 3 is 2.64 bits per heavy atom. The molecule has 4 nitrogen and oxygen atoms in total. The third-order valence-corrected chi connectivity index (χ3v) is 6.15. The average Bonchev–Trinajstić information content (AvgIpc) is 2.90. The molecule has 0 bridgehead atoms. The molecule has 1 aliphatic heterocycles. The van der Waals surface area contributed by atoms with Crippen molar-refractivity contribution < 1.29 is 13.2 Å². The maximum atomic E-state index is 12.9. The number of rotatable bonds is 3. The summed E-state index contributed by atoms with van der Waals surface area (Å²) in [5, 5.41) is 0. The van der Waals surface area contributed by atoms with E-state index in [1.807, 2.05) is 25.1 Å². The number of fused-ring (bicyclic) bond motifs is 1. The molecular formula is C16H16BrNO3S. The molecule has 0 saturated carbocycles. The number of methoxy groups -OCH3 is 1. The van der Waals surface area contributed by atoms with Gasteiger partial charge in [-0.15, -0.1) is 0 Å². The topological polar surface area (TPSA) is 46.6 Å². The Kier molecular flexibility index (Phi) is 3.91. The number of halogens is 1. The van der Waals surface area contributed by atoms with Crippen LogP contribution in [0, 0.1) is 6.92 Å². The minimum atomic E-state index is -3.55. The maximum absolute atomic E-state index is 12.9. The van der Waals surface area contributed by atoms with Crippen molar-refractivity contribution in [1.82, 2.24) is 0 Å². The molecule has 0 radical (unpaired) electrons. The van der Waals surface area contributed by atoms with Crippen LogP contribution in [-0.2, 0) is 16.4 Å². The molecular weight excluding hydrogens is 366 g/mol. The third kappa shape index (κ3) is 2.50. The molecule has 0 aliphatic carbocycles. The van der Waals surface area contributed by atoms with Gasteiger partial charge in [0.2, 0.25) is 0 Å². The Balaban J connectivity index is 2.04. The summed E-state index contributed by atoms with van der Waals surface area (Å²) in [6, 6.07) is 10.6. The molecule has 0 spiro atoms. The van der Waals surface area contributed by atoms with E-state index < -0.39 is 10.0 Å². The van der Waals surface area contributed by atoms with E-state index in [-0.39, 0.29) is 0 Å². The number of benzene rings is 2. The van der Waals surface area contributed by atoms with Gasteiger partial charge in [-0.2, -0.15) is 0 Å². The van der Waals surface area contributed by atoms with Crippen LogP contribution in [0.15, 0.2) is 45.8 Å². The summed E-state index contributed by atoms with van der Waals surface area (Å²) in [6.07, 6.45) is 0.725. The van der Waals surface area contributed by atoms with Crippen LogP contribution in [0.3, 0.4) is 0 Å². The van der Waals surface area contributed by atoms with Crippen molar-refractivity contribution in [3.05, 3.63) is 52.0 Å². The van der Waals surface area contributed by atoms with Crippen molar-refractivity contribution in [2.45, 2.75) is 18.2 Å². The molecule has 2 aromatic rings. The lowest BCUT2D eigenvalue weighted by Gasteiger charge is -2.20. The molecule has 1 heterocycles. The van der Waals surface area contributed by atoms with Crippen LogP contribution in [0.5, 0.6) is 5.75 Å². The second-order valence-corrected chi connectivity index (χ2v) is 8.01. The molecule has 0 aromatic heterocycles. The molecule has 6 heteroatoms. The van der Waals surface area contributed by atoms with Gasteiger partial charge in [0.05, 0.1) is 17.7 Å². The van der Waals surface area contributed by atoms with Gasteiger partial charge in [-0.05, 0) is 60.9 Å². The van der Waals surface area contributed by atoms with Crippen LogP contribution in [-0.4, -0.2) is 22.1 Å². The first-order valence-corrected chi connectivity index (χ1v) is 9.12. The summed E-state index contributed by atoms with van der Waals surface area (Å²) in [4.78, 5) is 0.293. The molecule has 0 fully saturated rings. The van der Waals surface area contributed by atoms with Gasteiger partial charge in [0.15, 0.2) is 0 Å². The number of nitrogens with zero attached hydrogens (tertiary/aromatic N) is 1. The predicted molar refractivity (Wildman–Crippen MR) is 90.1 cm³/mol. The van der Waals surface area contributed by atoms with E-state index in [0.717, 1.165) is 27.7 Å². The summed E-state index contributed by atoms with van der Waals surface area (Å²) in [7, 11) is -1.98. The number of anilines is 1. The first-order chi connectivity index (χ1) is 10.4. The molecule has 0 N–H and O–H groups in total. The lowest BCUT2D eigenvalue weighted by Crippen LogP contribution is -2.29. The van der Waals surface area contributed by atoms with Gasteiger partial charge in [0.25, 0.3) is 10.0 Å². The Morgan fingerprint density at radius 2 is 1.95 bits per heavy atom.